The van der Waals surface area contributed by atoms with Crippen LogP contribution in [0.3, 0.4) is 0 Å². The van der Waals surface area contributed by atoms with E-state index in [2.05, 4.69) is 57.2 Å². The number of hydrogen-bond acceptors (Lipinski definition) is 1. The molecule has 20 heavy (non-hydrogen) atoms. The van der Waals surface area contributed by atoms with Gasteiger partial charge in [-0.15, -0.1) is 0 Å². The van der Waals surface area contributed by atoms with Crippen LogP contribution in [0.1, 0.15) is 50.2 Å². The van der Waals surface area contributed by atoms with Gasteiger partial charge in [0.1, 0.15) is 11.5 Å². The van der Waals surface area contributed by atoms with Crippen molar-refractivity contribution in [3.05, 3.63) is 57.9 Å². The van der Waals surface area contributed by atoms with Crippen LogP contribution in [-0.4, -0.2) is 0 Å². The molecule has 1 radical (unpaired) electrons. The summed E-state index contributed by atoms with van der Waals surface area (Å²) in [4.78, 5) is 0. The van der Waals surface area contributed by atoms with Crippen molar-refractivity contribution in [3.8, 4) is 0 Å². The molecule has 0 spiro atoms. The fraction of sp³-hybridized carbons (Fsp3) is 0.368. The highest BCUT2D eigenvalue weighted by Crippen LogP contribution is 2.34. The molecular weight excluding hydrogens is 244 g/mol. The lowest BCUT2D eigenvalue weighted by atomic mass is 9.83. The quantitative estimate of drug-likeness (QED) is 0.827. The number of furan rings is 1. The summed E-state index contributed by atoms with van der Waals surface area (Å²) in [7, 11) is 0. The van der Waals surface area contributed by atoms with Gasteiger partial charge in [0.2, 0.25) is 0 Å². The van der Waals surface area contributed by atoms with Crippen LogP contribution in [0.5, 0.6) is 0 Å². The van der Waals surface area contributed by atoms with E-state index in [1.807, 2.05) is 13.0 Å². The summed E-state index contributed by atoms with van der Waals surface area (Å²) in [5.41, 5.74) is 1.19. The third-order valence-electron chi connectivity index (χ3n) is 4.25. The van der Waals surface area contributed by atoms with Gasteiger partial charge in [0, 0.05) is 0 Å². The van der Waals surface area contributed by atoms with Crippen LogP contribution in [0.25, 0.3) is 12.2 Å². The van der Waals surface area contributed by atoms with Gasteiger partial charge < -0.3 is 4.42 Å². The SMILES string of the molecule is CCC1(c2ccc(C)o2)[C]=c2cccc(C(C)C)c2=C1. The van der Waals surface area contributed by atoms with Crippen LogP contribution in [-0.2, 0) is 5.41 Å². The Bertz CT molecular complexity index is 748. The van der Waals surface area contributed by atoms with Gasteiger partial charge in [-0.2, -0.15) is 0 Å². The summed E-state index contributed by atoms with van der Waals surface area (Å²) in [6, 6.07) is 10.6. The van der Waals surface area contributed by atoms with Crippen molar-refractivity contribution in [1.82, 2.24) is 0 Å². The molecular formula is C19H21O. The third kappa shape index (κ3) is 1.93. The Balaban J connectivity index is 2.25. The Morgan fingerprint density at radius 1 is 1.20 bits per heavy atom. The first-order chi connectivity index (χ1) is 9.55. The third-order valence-corrected chi connectivity index (χ3v) is 4.25. The molecule has 1 unspecified atom stereocenters. The second-order valence-electron chi connectivity index (χ2n) is 5.97. The standard InChI is InChI=1S/C19H21O/c1-5-19(18-10-9-14(4)20-18)11-15-7-6-8-16(13(2)3)17(15)12-19/h6-10,12-13H,5H2,1-4H3. The van der Waals surface area contributed by atoms with E-state index in [0.29, 0.717) is 5.92 Å². The molecule has 1 aliphatic rings. The van der Waals surface area contributed by atoms with Gasteiger partial charge >= 0.3 is 0 Å². The van der Waals surface area contributed by atoms with Crippen molar-refractivity contribution >= 4 is 12.2 Å². The predicted octanol–water partition coefficient (Wildman–Crippen LogP) is 3.51. The predicted molar refractivity (Wildman–Crippen MR) is 83.1 cm³/mol. The molecule has 1 aliphatic carbocycles. The first kappa shape index (κ1) is 13.2. The number of hydrogen-bond donors (Lipinski definition) is 0. The Morgan fingerprint density at radius 2 is 2.00 bits per heavy atom. The number of aryl methyl sites for hydroxylation is 1. The van der Waals surface area contributed by atoms with Crippen molar-refractivity contribution < 1.29 is 4.42 Å². The van der Waals surface area contributed by atoms with E-state index < -0.39 is 0 Å². The number of fused-ring (bicyclic) bond motifs is 1. The van der Waals surface area contributed by atoms with Crippen molar-refractivity contribution in [2.75, 3.05) is 0 Å². The van der Waals surface area contributed by atoms with E-state index in [-0.39, 0.29) is 5.41 Å². The van der Waals surface area contributed by atoms with E-state index in [1.165, 1.54) is 16.0 Å². The van der Waals surface area contributed by atoms with Crippen LogP contribution in [0.15, 0.2) is 34.7 Å². The van der Waals surface area contributed by atoms with Crippen molar-refractivity contribution in [2.24, 2.45) is 0 Å². The molecule has 1 atom stereocenters. The monoisotopic (exact) mass is 265 g/mol. The highest BCUT2D eigenvalue weighted by atomic mass is 16.3. The second kappa shape index (κ2) is 4.66. The van der Waals surface area contributed by atoms with E-state index in [4.69, 9.17) is 4.42 Å². The largest absolute Gasteiger partial charge is 0.465 e. The molecule has 2 aromatic rings. The van der Waals surface area contributed by atoms with Gasteiger partial charge in [0.25, 0.3) is 0 Å². The Labute approximate surface area is 120 Å². The molecule has 1 nitrogen and oxygen atoms in total. The second-order valence-corrected chi connectivity index (χ2v) is 5.97. The van der Waals surface area contributed by atoms with Crippen LogP contribution in [0.2, 0.25) is 0 Å². The Morgan fingerprint density at radius 3 is 2.60 bits per heavy atom. The number of benzene rings is 1. The molecule has 103 valence electrons. The first-order valence-corrected chi connectivity index (χ1v) is 7.39. The highest BCUT2D eigenvalue weighted by Gasteiger charge is 2.32. The lowest BCUT2D eigenvalue weighted by molar-refractivity contribution is 0.442. The zero-order valence-electron chi connectivity index (χ0n) is 12.7. The molecule has 1 heteroatoms. The van der Waals surface area contributed by atoms with Crippen LogP contribution >= 0.6 is 0 Å². The molecule has 0 fully saturated rings. The van der Waals surface area contributed by atoms with E-state index >= 15 is 0 Å². The minimum Gasteiger partial charge on any atom is -0.465 e. The summed E-state index contributed by atoms with van der Waals surface area (Å²) >= 11 is 0. The first-order valence-electron chi connectivity index (χ1n) is 7.39. The highest BCUT2D eigenvalue weighted by molar-refractivity contribution is 5.66. The van der Waals surface area contributed by atoms with Gasteiger partial charge in [0.05, 0.1) is 5.41 Å². The molecule has 0 saturated carbocycles. The zero-order valence-corrected chi connectivity index (χ0v) is 12.7. The van der Waals surface area contributed by atoms with Gasteiger partial charge in [-0.3, -0.25) is 0 Å². The number of rotatable bonds is 3. The van der Waals surface area contributed by atoms with Gasteiger partial charge in [-0.1, -0.05) is 45.0 Å². The lowest BCUT2D eigenvalue weighted by Crippen LogP contribution is -2.25. The van der Waals surface area contributed by atoms with Crippen LogP contribution in [0, 0.1) is 6.92 Å². The Kier molecular flexibility index (Phi) is 3.08. The molecule has 0 amide bonds. The molecule has 1 heterocycles. The van der Waals surface area contributed by atoms with Gasteiger partial charge in [-0.25, -0.2) is 0 Å². The van der Waals surface area contributed by atoms with E-state index in [1.54, 1.807) is 0 Å². The van der Waals surface area contributed by atoms with Crippen molar-refractivity contribution in [3.63, 3.8) is 0 Å². The average Bonchev–Trinajstić information content (AvgIpc) is 3.01. The van der Waals surface area contributed by atoms with Crippen molar-refractivity contribution in [2.45, 2.75) is 45.4 Å². The molecule has 3 rings (SSSR count). The van der Waals surface area contributed by atoms with Gasteiger partial charge in [-0.05, 0) is 53.5 Å². The fourth-order valence-electron chi connectivity index (χ4n) is 3.05. The van der Waals surface area contributed by atoms with E-state index in [9.17, 15) is 0 Å². The summed E-state index contributed by atoms with van der Waals surface area (Å²) in [5.74, 6) is 2.49. The van der Waals surface area contributed by atoms with Crippen LogP contribution < -0.4 is 10.4 Å². The molecule has 0 saturated heterocycles. The Hall–Kier alpha value is -1.76. The lowest BCUT2D eigenvalue weighted by Gasteiger charge is -2.20. The summed E-state index contributed by atoms with van der Waals surface area (Å²) < 4.78 is 5.90. The smallest absolute Gasteiger partial charge is 0.118 e. The van der Waals surface area contributed by atoms with Crippen molar-refractivity contribution in [1.29, 1.82) is 0 Å². The zero-order chi connectivity index (χ0) is 14.3. The molecule has 0 N–H and O–H groups in total. The summed E-state index contributed by atoms with van der Waals surface area (Å²) in [6.45, 7) is 8.68. The molecule has 1 aromatic carbocycles. The topological polar surface area (TPSA) is 13.1 Å². The van der Waals surface area contributed by atoms with E-state index in [0.717, 1.165) is 17.9 Å². The molecule has 0 aliphatic heterocycles. The fourth-order valence-corrected chi connectivity index (χ4v) is 3.05. The van der Waals surface area contributed by atoms with Gasteiger partial charge in [0.15, 0.2) is 0 Å². The molecule has 1 aromatic heterocycles. The average molecular weight is 265 g/mol. The minimum absolute atomic E-state index is 0.207. The molecule has 0 bridgehead atoms. The maximum atomic E-state index is 5.90. The minimum atomic E-state index is -0.207. The normalized spacial score (nSPS) is 20.6. The summed E-state index contributed by atoms with van der Waals surface area (Å²) in [5, 5.41) is 2.55. The van der Waals surface area contributed by atoms with Crippen LogP contribution in [0.4, 0.5) is 0 Å². The maximum Gasteiger partial charge on any atom is 0.118 e. The maximum absolute atomic E-state index is 5.90. The summed E-state index contributed by atoms with van der Waals surface area (Å²) in [6.07, 6.45) is 6.98.